The molecule has 0 saturated heterocycles. The monoisotopic (exact) mass is 256 g/mol. The van der Waals surface area contributed by atoms with Crippen molar-refractivity contribution in [2.45, 2.75) is 38.9 Å². The fraction of sp³-hybridized carbons (Fsp3) is 0.538. The molecule has 0 N–H and O–H groups in total. The highest BCUT2D eigenvalue weighted by Crippen LogP contribution is 2.31. The second-order valence-electron chi connectivity index (χ2n) is 3.75. The van der Waals surface area contributed by atoms with E-state index in [1.807, 2.05) is 6.92 Å². The number of rotatable bonds is 6. The molecular formula is C13H20O3S. The van der Waals surface area contributed by atoms with Gasteiger partial charge in [-0.15, -0.1) is 0 Å². The highest BCUT2D eigenvalue weighted by Gasteiger charge is 2.35. The molecule has 0 bridgehead atoms. The van der Waals surface area contributed by atoms with Crippen molar-refractivity contribution in [3.63, 3.8) is 0 Å². The molecule has 96 valence electrons. The van der Waals surface area contributed by atoms with Gasteiger partial charge < -0.3 is 4.74 Å². The van der Waals surface area contributed by atoms with Crippen molar-refractivity contribution in [3.05, 3.63) is 24.3 Å². The first kappa shape index (κ1) is 16.0. The van der Waals surface area contributed by atoms with Gasteiger partial charge in [-0.05, 0) is 20.8 Å². The predicted octanol–water partition coefficient (Wildman–Crippen LogP) is 3.11. The lowest BCUT2D eigenvalue weighted by molar-refractivity contribution is -0.144. The minimum atomic E-state index is -0.971. The van der Waals surface area contributed by atoms with Crippen molar-refractivity contribution in [1.29, 1.82) is 0 Å². The average molecular weight is 256 g/mol. The maximum atomic E-state index is 11.9. The van der Waals surface area contributed by atoms with Gasteiger partial charge in [0.1, 0.15) is 4.75 Å². The first-order valence-electron chi connectivity index (χ1n) is 5.60. The Labute approximate surface area is 107 Å². The Morgan fingerprint density at radius 3 is 2.41 bits per heavy atom. The van der Waals surface area contributed by atoms with Gasteiger partial charge in [0.2, 0.25) is 0 Å². The van der Waals surface area contributed by atoms with Gasteiger partial charge in [-0.2, -0.15) is 0 Å². The molecule has 0 radical (unpaired) electrons. The van der Waals surface area contributed by atoms with Crippen LogP contribution in [0.1, 0.15) is 34.1 Å². The first-order valence-corrected chi connectivity index (χ1v) is 6.42. The Morgan fingerprint density at radius 2 is 2.00 bits per heavy atom. The lowest BCUT2D eigenvalue weighted by Crippen LogP contribution is -2.33. The third-order valence-corrected chi connectivity index (χ3v) is 3.35. The van der Waals surface area contributed by atoms with Crippen LogP contribution in [0.5, 0.6) is 0 Å². The third-order valence-electron chi connectivity index (χ3n) is 2.12. The highest BCUT2D eigenvalue weighted by molar-refractivity contribution is 8.15. The van der Waals surface area contributed by atoms with Crippen LogP contribution in [0.15, 0.2) is 24.3 Å². The predicted molar refractivity (Wildman–Crippen MR) is 71.9 cm³/mol. The number of hydrogen-bond donors (Lipinski definition) is 0. The van der Waals surface area contributed by atoms with E-state index in [4.69, 9.17) is 4.74 Å². The van der Waals surface area contributed by atoms with Gasteiger partial charge in [-0.1, -0.05) is 43.0 Å². The van der Waals surface area contributed by atoms with Crippen molar-refractivity contribution >= 4 is 22.8 Å². The van der Waals surface area contributed by atoms with E-state index in [1.54, 1.807) is 32.9 Å². The summed E-state index contributed by atoms with van der Waals surface area (Å²) in [7, 11) is 0. The second-order valence-corrected chi connectivity index (χ2v) is 5.26. The number of allylic oxidation sites excluding steroid dienone is 2. The molecule has 0 rings (SSSR count). The molecule has 0 aromatic heterocycles. The van der Waals surface area contributed by atoms with Gasteiger partial charge in [-0.25, -0.2) is 0 Å². The van der Waals surface area contributed by atoms with Gasteiger partial charge in [0, 0.05) is 6.42 Å². The average Bonchev–Trinajstić information content (AvgIpc) is 2.28. The number of esters is 1. The van der Waals surface area contributed by atoms with Gasteiger partial charge >= 0.3 is 5.97 Å². The van der Waals surface area contributed by atoms with Crippen LogP contribution in [0.25, 0.3) is 0 Å². The molecule has 0 aromatic rings. The molecule has 4 heteroatoms. The van der Waals surface area contributed by atoms with E-state index in [2.05, 4.69) is 6.58 Å². The van der Waals surface area contributed by atoms with E-state index < -0.39 is 10.7 Å². The molecule has 0 aromatic carbocycles. The number of thioether (sulfide) groups is 1. The Balaban J connectivity index is 5.12. The zero-order valence-electron chi connectivity index (χ0n) is 10.9. The summed E-state index contributed by atoms with van der Waals surface area (Å²) in [4.78, 5) is 23.4. The van der Waals surface area contributed by atoms with E-state index in [1.165, 1.54) is 0 Å². The lowest BCUT2D eigenvalue weighted by atomic mass is 10.1. The second kappa shape index (κ2) is 7.33. The fourth-order valence-corrected chi connectivity index (χ4v) is 2.21. The molecule has 0 amide bonds. The summed E-state index contributed by atoms with van der Waals surface area (Å²) >= 11 is 1.00. The summed E-state index contributed by atoms with van der Waals surface area (Å²) < 4.78 is 4.04. The molecule has 0 aliphatic rings. The van der Waals surface area contributed by atoms with Crippen LogP contribution in [0.3, 0.4) is 0 Å². The fourth-order valence-electron chi connectivity index (χ4n) is 1.21. The minimum Gasteiger partial charge on any atom is -0.465 e. The minimum absolute atomic E-state index is 0.0336. The maximum absolute atomic E-state index is 11.9. The van der Waals surface area contributed by atoms with Crippen molar-refractivity contribution < 1.29 is 14.3 Å². The molecular weight excluding hydrogens is 236 g/mol. The Kier molecular flexibility index (Phi) is 6.88. The van der Waals surface area contributed by atoms with E-state index in [-0.39, 0.29) is 5.12 Å². The Hall–Kier alpha value is -1.03. The van der Waals surface area contributed by atoms with Crippen molar-refractivity contribution in [3.8, 4) is 0 Å². The van der Waals surface area contributed by atoms with Crippen LogP contribution >= 0.6 is 11.8 Å². The van der Waals surface area contributed by atoms with Gasteiger partial charge in [0.15, 0.2) is 5.12 Å². The summed E-state index contributed by atoms with van der Waals surface area (Å²) in [5, 5.41) is -0.0336. The van der Waals surface area contributed by atoms with E-state index >= 15 is 0 Å². The van der Waals surface area contributed by atoms with Crippen LogP contribution in [0, 0.1) is 0 Å². The SMILES string of the molecule is C=CC(C)=C[C@@](C)(SC(=O)CC)C(=O)OCC. The summed E-state index contributed by atoms with van der Waals surface area (Å²) in [6.45, 7) is 11.0. The van der Waals surface area contributed by atoms with Gasteiger partial charge in [0.05, 0.1) is 6.61 Å². The van der Waals surface area contributed by atoms with Crippen LogP contribution in [-0.4, -0.2) is 22.4 Å². The number of ether oxygens (including phenoxy) is 1. The van der Waals surface area contributed by atoms with Crippen LogP contribution < -0.4 is 0 Å². The van der Waals surface area contributed by atoms with Crippen LogP contribution in [0.2, 0.25) is 0 Å². The third kappa shape index (κ3) is 5.22. The van der Waals surface area contributed by atoms with E-state index in [0.717, 1.165) is 17.3 Å². The summed E-state index contributed by atoms with van der Waals surface area (Å²) in [5.41, 5.74) is 0.844. The molecule has 0 aliphatic carbocycles. The quantitative estimate of drug-likeness (QED) is 0.541. The zero-order chi connectivity index (χ0) is 13.5. The van der Waals surface area contributed by atoms with Gasteiger partial charge in [0.25, 0.3) is 0 Å². The molecule has 0 unspecified atom stereocenters. The standard InChI is InChI=1S/C13H20O3S/c1-6-10(4)9-13(5,12(15)16-8-3)17-11(14)7-2/h6,9H,1,7-8H2,2-5H3/t13-/m1/s1. The summed E-state index contributed by atoms with van der Waals surface area (Å²) in [6.07, 6.45) is 3.76. The van der Waals surface area contributed by atoms with Crippen LogP contribution in [-0.2, 0) is 14.3 Å². The summed E-state index contributed by atoms with van der Waals surface area (Å²) in [6, 6.07) is 0. The smallest absolute Gasteiger partial charge is 0.326 e. The zero-order valence-corrected chi connectivity index (χ0v) is 11.7. The Bertz CT molecular complexity index is 334. The van der Waals surface area contributed by atoms with Crippen molar-refractivity contribution in [2.75, 3.05) is 6.61 Å². The maximum Gasteiger partial charge on any atom is 0.326 e. The lowest BCUT2D eigenvalue weighted by Gasteiger charge is -2.22. The molecule has 0 aliphatic heterocycles. The van der Waals surface area contributed by atoms with Crippen LogP contribution in [0.4, 0.5) is 0 Å². The van der Waals surface area contributed by atoms with Gasteiger partial charge in [-0.3, -0.25) is 9.59 Å². The Morgan fingerprint density at radius 1 is 1.41 bits per heavy atom. The molecule has 17 heavy (non-hydrogen) atoms. The topological polar surface area (TPSA) is 43.4 Å². The van der Waals surface area contributed by atoms with Crippen molar-refractivity contribution in [2.24, 2.45) is 0 Å². The molecule has 3 nitrogen and oxygen atoms in total. The van der Waals surface area contributed by atoms with Crippen molar-refractivity contribution in [1.82, 2.24) is 0 Å². The number of carbonyl (C=O) groups is 2. The molecule has 0 spiro atoms. The molecule has 0 heterocycles. The molecule has 0 saturated carbocycles. The number of hydrogen-bond acceptors (Lipinski definition) is 4. The first-order chi connectivity index (χ1) is 7.89. The van der Waals surface area contributed by atoms with E-state index in [9.17, 15) is 9.59 Å². The normalized spacial score (nSPS) is 14.9. The molecule has 1 atom stereocenters. The highest BCUT2D eigenvalue weighted by atomic mass is 32.2. The summed E-state index contributed by atoms with van der Waals surface area (Å²) in [5.74, 6) is -0.395. The largest absolute Gasteiger partial charge is 0.465 e. The van der Waals surface area contributed by atoms with E-state index in [0.29, 0.717) is 13.0 Å². The molecule has 0 fully saturated rings. The number of carbonyl (C=O) groups excluding carboxylic acids is 2.